The van der Waals surface area contributed by atoms with E-state index in [1.165, 1.54) is 5.56 Å². The number of aldehydes is 1. The van der Waals surface area contributed by atoms with Gasteiger partial charge in [-0.25, -0.2) is 0 Å². The van der Waals surface area contributed by atoms with Crippen LogP contribution in [0.3, 0.4) is 0 Å². The highest BCUT2D eigenvalue weighted by Crippen LogP contribution is 2.21. The summed E-state index contributed by atoms with van der Waals surface area (Å²) in [6.45, 7) is 2.84. The summed E-state index contributed by atoms with van der Waals surface area (Å²) < 4.78 is 0. The molecule has 3 nitrogen and oxygen atoms in total. The number of aromatic nitrogens is 1. The van der Waals surface area contributed by atoms with Crippen LogP contribution >= 0.6 is 0 Å². The molecule has 0 saturated carbocycles. The molecule has 92 valence electrons. The maximum Gasteiger partial charge on any atom is 0.150 e. The van der Waals surface area contributed by atoms with E-state index in [0.717, 1.165) is 24.1 Å². The number of aryl methyl sites for hydroxylation is 1. The van der Waals surface area contributed by atoms with Crippen molar-refractivity contribution in [1.82, 2.24) is 4.98 Å². The second-order valence-electron chi connectivity index (χ2n) is 4.38. The Morgan fingerprint density at radius 3 is 2.56 bits per heavy atom. The largest absolute Gasteiger partial charge is 0.370 e. The first kappa shape index (κ1) is 12.3. The van der Waals surface area contributed by atoms with E-state index in [9.17, 15) is 4.79 Å². The lowest BCUT2D eigenvalue weighted by Gasteiger charge is -2.21. The van der Waals surface area contributed by atoms with E-state index in [2.05, 4.69) is 9.88 Å². The van der Waals surface area contributed by atoms with Crippen LogP contribution in [0.1, 0.15) is 21.5 Å². The molecule has 18 heavy (non-hydrogen) atoms. The zero-order valence-electron chi connectivity index (χ0n) is 10.6. The maximum atomic E-state index is 10.7. The molecule has 2 aromatic rings. The Bertz CT molecular complexity index is 537. The van der Waals surface area contributed by atoms with Crippen molar-refractivity contribution in [2.75, 3.05) is 11.9 Å². The molecule has 0 bridgehead atoms. The van der Waals surface area contributed by atoms with Crippen molar-refractivity contribution in [1.29, 1.82) is 0 Å². The molecule has 0 spiro atoms. The van der Waals surface area contributed by atoms with Gasteiger partial charge in [-0.15, -0.1) is 0 Å². The Hall–Kier alpha value is -2.16. The first-order valence-electron chi connectivity index (χ1n) is 5.86. The van der Waals surface area contributed by atoms with Gasteiger partial charge in [-0.05, 0) is 48.4 Å². The lowest BCUT2D eigenvalue weighted by molar-refractivity contribution is 0.112. The molecular weight excluding hydrogens is 224 g/mol. The highest BCUT2D eigenvalue weighted by molar-refractivity contribution is 5.76. The van der Waals surface area contributed by atoms with E-state index in [0.29, 0.717) is 5.56 Å². The summed E-state index contributed by atoms with van der Waals surface area (Å²) in [5.74, 6) is 0. The van der Waals surface area contributed by atoms with Gasteiger partial charge in [-0.2, -0.15) is 0 Å². The number of benzene rings is 1. The minimum Gasteiger partial charge on any atom is -0.370 e. The average molecular weight is 240 g/mol. The number of carbonyl (C=O) groups excluding carboxylic acids is 1. The monoisotopic (exact) mass is 240 g/mol. The van der Waals surface area contributed by atoms with Gasteiger partial charge in [0.15, 0.2) is 0 Å². The fourth-order valence-corrected chi connectivity index (χ4v) is 2.03. The zero-order chi connectivity index (χ0) is 13.0. The molecule has 2 rings (SSSR count). The molecule has 3 heteroatoms. The molecule has 0 N–H and O–H groups in total. The van der Waals surface area contributed by atoms with Gasteiger partial charge < -0.3 is 4.90 Å². The molecule has 0 fully saturated rings. The number of pyridine rings is 1. The number of nitrogens with zero attached hydrogens (tertiary/aromatic N) is 2. The summed E-state index contributed by atoms with van der Waals surface area (Å²) in [6, 6.07) is 9.75. The van der Waals surface area contributed by atoms with Crippen molar-refractivity contribution in [3.8, 4) is 0 Å². The minimum absolute atomic E-state index is 0.716. The number of hydrogen-bond donors (Lipinski definition) is 0. The van der Waals surface area contributed by atoms with Crippen LogP contribution in [0, 0.1) is 6.92 Å². The minimum atomic E-state index is 0.716. The summed E-state index contributed by atoms with van der Waals surface area (Å²) in [4.78, 5) is 16.9. The lowest BCUT2D eigenvalue weighted by Crippen LogP contribution is -2.17. The van der Waals surface area contributed by atoms with Gasteiger partial charge in [0, 0.05) is 37.2 Å². The standard InChI is InChI=1S/C15H16N2O/c1-12-9-14(11-18)3-4-15(12)17(2)10-13-5-7-16-8-6-13/h3-9,11H,10H2,1-2H3. The van der Waals surface area contributed by atoms with E-state index >= 15 is 0 Å². The number of rotatable bonds is 4. The van der Waals surface area contributed by atoms with Crippen LogP contribution in [0.25, 0.3) is 0 Å². The van der Waals surface area contributed by atoms with E-state index in [1.807, 2.05) is 44.3 Å². The fraction of sp³-hybridized carbons (Fsp3) is 0.200. The maximum absolute atomic E-state index is 10.7. The number of hydrogen-bond acceptors (Lipinski definition) is 3. The van der Waals surface area contributed by atoms with Gasteiger partial charge in [0.2, 0.25) is 0 Å². The van der Waals surface area contributed by atoms with Gasteiger partial charge in [-0.3, -0.25) is 9.78 Å². The molecule has 0 amide bonds. The topological polar surface area (TPSA) is 33.2 Å². The zero-order valence-corrected chi connectivity index (χ0v) is 10.6. The van der Waals surface area contributed by atoms with Gasteiger partial charge in [0.1, 0.15) is 6.29 Å². The van der Waals surface area contributed by atoms with E-state index < -0.39 is 0 Å². The van der Waals surface area contributed by atoms with Crippen LogP contribution in [0.15, 0.2) is 42.7 Å². The predicted octanol–water partition coefficient (Wildman–Crippen LogP) is 2.84. The Morgan fingerprint density at radius 1 is 1.22 bits per heavy atom. The second kappa shape index (κ2) is 5.45. The Labute approximate surface area is 107 Å². The third kappa shape index (κ3) is 2.74. The predicted molar refractivity (Wildman–Crippen MR) is 72.9 cm³/mol. The third-order valence-corrected chi connectivity index (χ3v) is 2.94. The van der Waals surface area contributed by atoms with Crippen molar-refractivity contribution in [3.05, 3.63) is 59.4 Å². The number of anilines is 1. The van der Waals surface area contributed by atoms with Crippen LogP contribution in [0.2, 0.25) is 0 Å². The van der Waals surface area contributed by atoms with Crippen molar-refractivity contribution >= 4 is 12.0 Å². The van der Waals surface area contributed by atoms with Crippen LogP contribution in [0.4, 0.5) is 5.69 Å². The highest BCUT2D eigenvalue weighted by Gasteiger charge is 2.06. The molecule has 1 aromatic heterocycles. The van der Waals surface area contributed by atoms with Crippen molar-refractivity contribution < 1.29 is 4.79 Å². The summed E-state index contributed by atoms with van der Waals surface area (Å²) in [5, 5.41) is 0. The Balaban J connectivity index is 2.19. The van der Waals surface area contributed by atoms with Crippen LogP contribution in [-0.4, -0.2) is 18.3 Å². The van der Waals surface area contributed by atoms with Gasteiger partial charge >= 0.3 is 0 Å². The lowest BCUT2D eigenvalue weighted by atomic mass is 10.1. The van der Waals surface area contributed by atoms with Crippen LogP contribution in [0.5, 0.6) is 0 Å². The summed E-state index contributed by atoms with van der Waals surface area (Å²) >= 11 is 0. The SMILES string of the molecule is Cc1cc(C=O)ccc1N(C)Cc1ccncc1. The van der Waals surface area contributed by atoms with E-state index in [-0.39, 0.29) is 0 Å². The first-order chi connectivity index (χ1) is 8.70. The van der Waals surface area contributed by atoms with Crippen LogP contribution in [-0.2, 0) is 6.54 Å². The molecule has 0 aliphatic rings. The van der Waals surface area contributed by atoms with Gasteiger partial charge in [0.25, 0.3) is 0 Å². The second-order valence-corrected chi connectivity index (χ2v) is 4.38. The average Bonchev–Trinajstić information content (AvgIpc) is 2.39. The quantitative estimate of drug-likeness (QED) is 0.770. The van der Waals surface area contributed by atoms with E-state index in [4.69, 9.17) is 0 Å². The molecule has 0 aliphatic heterocycles. The summed E-state index contributed by atoms with van der Waals surface area (Å²) in [7, 11) is 2.04. The molecule has 1 heterocycles. The highest BCUT2D eigenvalue weighted by atomic mass is 16.1. The molecule has 0 unspecified atom stereocenters. The van der Waals surface area contributed by atoms with Crippen molar-refractivity contribution in [2.45, 2.75) is 13.5 Å². The number of carbonyl (C=O) groups is 1. The summed E-state index contributed by atoms with van der Waals surface area (Å²) in [6.07, 6.45) is 4.47. The van der Waals surface area contributed by atoms with Crippen molar-refractivity contribution in [2.24, 2.45) is 0 Å². The Morgan fingerprint density at radius 2 is 1.94 bits per heavy atom. The van der Waals surface area contributed by atoms with Gasteiger partial charge in [0.05, 0.1) is 0 Å². The normalized spacial score (nSPS) is 10.1. The molecule has 0 radical (unpaired) electrons. The van der Waals surface area contributed by atoms with Crippen LogP contribution < -0.4 is 4.90 Å². The summed E-state index contributed by atoms with van der Waals surface area (Å²) in [5.41, 5.74) is 4.17. The molecule has 0 saturated heterocycles. The first-order valence-corrected chi connectivity index (χ1v) is 5.86. The molecule has 1 aromatic carbocycles. The molecule has 0 aliphatic carbocycles. The smallest absolute Gasteiger partial charge is 0.150 e. The Kier molecular flexibility index (Phi) is 3.72. The third-order valence-electron chi connectivity index (χ3n) is 2.94. The molecular formula is C15H16N2O. The van der Waals surface area contributed by atoms with Gasteiger partial charge in [-0.1, -0.05) is 0 Å². The molecule has 0 atom stereocenters. The van der Waals surface area contributed by atoms with Crippen molar-refractivity contribution in [3.63, 3.8) is 0 Å². The van der Waals surface area contributed by atoms with E-state index in [1.54, 1.807) is 12.4 Å². The fourth-order valence-electron chi connectivity index (χ4n) is 2.03.